The molecule has 12 nitrogen and oxygen atoms in total. The summed E-state index contributed by atoms with van der Waals surface area (Å²) in [6.45, 7) is 12.1. The number of benzene rings is 2. The highest BCUT2D eigenvalue weighted by Gasteiger charge is 2.50. The molecular formula is C44H60Br2N4O8. The molecule has 2 N–H and O–H groups in total. The van der Waals surface area contributed by atoms with E-state index in [0.29, 0.717) is 39.5 Å². The van der Waals surface area contributed by atoms with E-state index in [9.17, 15) is 9.59 Å². The Labute approximate surface area is 360 Å². The topological polar surface area (TPSA) is 158 Å². The summed E-state index contributed by atoms with van der Waals surface area (Å²) < 4.78 is 13.2. The summed E-state index contributed by atoms with van der Waals surface area (Å²) in [4.78, 5) is 58.5. The second-order valence-electron chi connectivity index (χ2n) is 15.3. The smallest absolute Gasteiger partial charge is 0.414 e. The minimum absolute atomic E-state index is 0.218. The molecule has 2 spiro atoms. The Balaban J connectivity index is 0.000000225. The van der Waals surface area contributed by atoms with Gasteiger partial charge in [0.05, 0.1) is 26.3 Å². The molecule has 2 saturated carbocycles. The number of aliphatic carboxylic acids is 2. The molecule has 0 unspecified atom stereocenters. The molecule has 14 heteroatoms. The van der Waals surface area contributed by atoms with Crippen molar-refractivity contribution in [2.45, 2.75) is 155 Å². The standard InChI is InChI=1S/2C21H29BrN2O2.C2H2O4/c2*1-3-5-8-19-23-21(11-6-7-12-21)20(25)24(19)14-16-9-10-18(22)17(13-16)15-26-4-2;3-1(4)2(5)6/h2*9-10,13H,3-8,11-12,14-15H2,1-2H3;(H,3,4)(H,5,6). The third-order valence-electron chi connectivity index (χ3n) is 11.0. The maximum absolute atomic E-state index is 13.2. The van der Waals surface area contributed by atoms with Gasteiger partial charge in [-0.3, -0.25) is 29.4 Å². The first-order chi connectivity index (χ1) is 27.8. The number of hydrogen-bond acceptors (Lipinski definition) is 8. The average Bonchev–Trinajstić information content (AvgIpc) is 4.00. The van der Waals surface area contributed by atoms with E-state index in [1.165, 1.54) is 0 Å². The highest BCUT2D eigenvalue weighted by molar-refractivity contribution is 9.10. The van der Waals surface area contributed by atoms with Gasteiger partial charge in [0.15, 0.2) is 0 Å². The molecule has 318 valence electrons. The van der Waals surface area contributed by atoms with Crippen LogP contribution in [0.2, 0.25) is 0 Å². The Hall–Kier alpha value is -3.46. The number of carbonyl (C=O) groups is 4. The summed E-state index contributed by atoms with van der Waals surface area (Å²) in [5, 5.41) is 14.8. The van der Waals surface area contributed by atoms with Gasteiger partial charge in [0, 0.05) is 35.0 Å². The van der Waals surface area contributed by atoms with Crippen molar-refractivity contribution in [3.8, 4) is 0 Å². The summed E-state index contributed by atoms with van der Waals surface area (Å²) in [6.07, 6.45) is 14.3. The van der Waals surface area contributed by atoms with Crippen LogP contribution >= 0.6 is 31.9 Å². The number of carboxylic acid groups (broad SMARTS) is 2. The molecule has 4 aliphatic rings. The SMILES string of the molecule is CCCCC1=NC2(CCCC2)C(=O)N1Cc1ccc(Br)c(COCC)c1.CCCCC1=NC2(CCCC2)C(=O)N1Cc1ccc(Br)c(COCC)c1.O=C(O)C(=O)O. The monoisotopic (exact) mass is 930 g/mol. The van der Waals surface area contributed by atoms with Crippen LogP contribution in [0.3, 0.4) is 0 Å². The van der Waals surface area contributed by atoms with Crippen molar-refractivity contribution in [2.75, 3.05) is 13.2 Å². The minimum Gasteiger partial charge on any atom is -0.473 e. The van der Waals surface area contributed by atoms with Gasteiger partial charge in [0.25, 0.3) is 11.8 Å². The van der Waals surface area contributed by atoms with Crippen molar-refractivity contribution in [1.82, 2.24) is 9.80 Å². The van der Waals surface area contributed by atoms with E-state index in [1.54, 1.807) is 0 Å². The summed E-state index contributed by atoms with van der Waals surface area (Å²) in [5.41, 5.74) is 3.61. The number of carbonyl (C=O) groups excluding carboxylic acids is 2. The molecule has 0 aromatic heterocycles. The Morgan fingerprint density at radius 2 is 1.02 bits per heavy atom. The first-order valence-electron chi connectivity index (χ1n) is 20.8. The number of nitrogens with zero attached hydrogens (tertiary/aromatic N) is 4. The van der Waals surface area contributed by atoms with Crippen LogP contribution in [0.15, 0.2) is 55.3 Å². The second-order valence-corrected chi connectivity index (χ2v) is 17.0. The Kier molecular flexibility index (Phi) is 18.5. The van der Waals surface area contributed by atoms with Gasteiger partial charge in [0.2, 0.25) is 0 Å². The Morgan fingerprint density at radius 3 is 1.33 bits per heavy atom. The van der Waals surface area contributed by atoms with Gasteiger partial charge in [-0.2, -0.15) is 0 Å². The lowest BCUT2D eigenvalue weighted by Crippen LogP contribution is -2.40. The molecule has 0 radical (unpaired) electrons. The van der Waals surface area contributed by atoms with E-state index in [0.717, 1.165) is 133 Å². The average molecular weight is 933 g/mol. The quantitative estimate of drug-likeness (QED) is 0.158. The highest BCUT2D eigenvalue weighted by atomic mass is 79.9. The van der Waals surface area contributed by atoms with E-state index in [-0.39, 0.29) is 11.8 Å². The van der Waals surface area contributed by atoms with Crippen LogP contribution in [0, 0.1) is 0 Å². The molecule has 2 aromatic rings. The lowest BCUT2D eigenvalue weighted by Gasteiger charge is -2.23. The molecular weight excluding hydrogens is 872 g/mol. The zero-order valence-electron chi connectivity index (χ0n) is 34.5. The van der Waals surface area contributed by atoms with Gasteiger partial charge in [-0.05, 0) is 86.8 Å². The van der Waals surface area contributed by atoms with Crippen molar-refractivity contribution >= 4 is 67.3 Å². The van der Waals surface area contributed by atoms with Gasteiger partial charge in [0.1, 0.15) is 22.7 Å². The van der Waals surface area contributed by atoms with Crippen LogP contribution in [0.4, 0.5) is 0 Å². The molecule has 2 amide bonds. The summed E-state index contributed by atoms with van der Waals surface area (Å²) in [6, 6.07) is 12.6. The van der Waals surface area contributed by atoms with Crippen LogP contribution in [0.25, 0.3) is 0 Å². The van der Waals surface area contributed by atoms with Gasteiger partial charge in [-0.15, -0.1) is 0 Å². The summed E-state index contributed by atoms with van der Waals surface area (Å²) in [7, 11) is 0. The maximum Gasteiger partial charge on any atom is 0.414 e. The van der Waals surface area contributed by atoms with Crippen molar-refractivity contribution in [2.24, 2.45) is 9.98 Å². The number of amidine groups is 2. The zero-order chi connectivity index (χ0) is 42.3. The molecule has 0 atom stereocenters. The number of carboxylic acids is 2. The molecule has 6 rings (SSSR count). The normalized spacial score (nSPS) is 17.6. The maximum atomic E-state index is 13.2. The first kappa shape index (κ1) is 47.2. The number of rotatable bonds is 16. The number of unbranched alkanes of at least 4 members (excludes halogenated alkanes) is 2. The van der Waals surface area contributed by atoms with Crippen LogP contribution in [0.1, 0.15) is 140 Å². The van der Waals surface area contributed by atoms with E-state index in [2.05, 4.69) is 82.1 Å². The molecule has 2 aliphatic carbocycles. The van der Waals surface area contributed by atoms with E-state index >= 15 is 0 Å². The van der Waals surface area contributed by atoms with Crippen molar-refractivity contribution in [3.05, 3.63) is 67.6 Å². The predicted octanol–water partition coefficient (Wildman–Crippen LogP) is 9.61. The lowest BCUT2D eigenvalue weighted by molar-refractivity contribution is -0.159. The largest absolute Gasteiger partial charge is 0.473 e. The molecule has 0 bridgehead atoms. The van der Waals surface area contributed by atoms with Crippen molar-refractivity contribution in [3.63, 3.8) is 0 Å². The number of halogens is 2. The van der Waals surface area contributed by atoms with Crippen molar-refractivity contribution in [1.29, 1.82) is 0 Å². The van der Waals surface area contributed by atoms with Crippen LogP contribution in [-0.4, -0.2) is 79.7 Å². The van der Waals surface area contributed by atoms with Gasteiger partial charge in [-0.25, -0.2) is 9.59 Å². The number of ether oxygens (including phenoxy) is 2. The number of hydrogen-bond donors (Lipinski definition) is 2. The van der Waals surface area contributed by atoms with Gasteiger partial charge in [-0.1, -0.05) is 108 Å². The lowest BCUT2D eigenvalue weighted by atomic mass is 9.98. The van der Waals surface area contributed by atoms with Gasteiger partial charge < -0.3 is 19.7 Å². The molecule has 2 aromatic carbocycles. The fraction of sp³-hybridized carbons (Fsp3) is 0.591. The molecule has 2 aliphatic heterocycles. The van der Waals surface area contributed by atoms with E-state index in [4.69, 9.17) is 39.3 Å². The Morgan fingerprint density at radius 1 is 0.655 bits per heavy atom. The third-order valence-corrected chi connectivity index (χ3v) is 12.5. The molecule has 0 saturated heterocycles. The van der Waals surface area contributed by atoms with E-state index in [1.807, 2.05) is 23.6 Å². The van der Waals surface area contributed by atoms with Crippen LogP contribution in [-0.2, 0) is 55.0 Å². The third kappa shape index (κ3) is 12.3. The predicted molar refractivity (Wildman–Crippen MR) is 232 cm³/mol. The molecule has 2 fully saturated rings. The fourth-order valence-corrected chi connectivity index (χ4v) is 8.58. The fourth-order valence-electron chi connectivity index (χ4n) is 7.86. The summed E-state index contributed by atoms with van der Waals surface area (Å²) in [5.74, 6) is -1.23. The number of amides is 2. The van der Waals surface area contributed by atoms with E-state index < -0.39 is 23.0 Å². The second kappa shape index (κ2) is 22.8. The van der Waals surface area contributed by atoms with Crippen molar-refractivity contribution < 1.29 is 38.9 Å². The van der Waals surface area contributed by atoms with Crippen LogP contribution in [0.5, 0.6) is 0 Å². The zero-order valence-corrected chi connectivity index (χ0v) is 37.7. The number of aliphatic imine (C=N–C) groups is 2. The first-order valence-corrected chi connectivity index (χ1v) is 22.4. The summed E-state index contributed by atoms with van der Waals surface area (Å²) >= 11 is 7.19. The Bertz CT molecular complexity index is 1670. The minimum atomic E-state index is -1.82. The highest BCUT2D eigenvalue weighted by Crippen LogP contribution is 2.41. The van der Waals surface area contributed by atoms with Crippen LogP contribution < -0.4 is 0 Å². The molecule has 58 heavy (non-hydrogen) atoms. The van der Waals surface area contributed by atoms with Gasteiger partial charge >= 0.3 is 11.9 Å². The molecule has 2 heterocycles.